The summed E-state index contributed by atoms with van der Waals surface area (Å²) in [4.78, 5) is 0.288. The predicted octanol–water partition coefficient (Wildman–Crippen LogP) is 3.64. The quantitative estimate of drug-likeness (QED) is 0.784. The van der Waals surface area contributed by atoms with Crippen LogP contribution in [0.3, 0.4) is 0 Å². The van der Waals surface area contributed by atoms with Crippen molar-refractivity contribution >= 4 is 21.6 Å². The van der Waals surface area contributed by atoms with Gasteiger partial charge in [0.2, 0.25) is 10.0 Å². The molecule has 118 valence electrons. The molecular formula is C17H20ClNO2S. The summed E-state index contributed by atoms with van der Waals surface area (Å²) < 4.78 is 27.3. The Balaban J connectivity index is 2.05. The maximum Gasteiger partial charge on any atom is 0.240 e. The fraction of sp³-hybridized carbons (Fsp3) is 0.294. The van der Waals surface area contributed by atoms with Crippen molar-refractivity contribution in [2.45, 2.75) is 31.2 Å². The van der Waals surface area contributed by atoms with Crippen molar-refractivity contribution in [2.24, 2.45) is 0 Å². The third kappa shape index (κ3) is 4.57. The van der Waals surface area contributed by atoms with Crippen molar-refractivity contribution in [3.8, 4) is 0 Å². The molecule has 0 fully saturated rings. The number of hydrogen-bond acceptors (Lipinski definition) is 2. The zero-order valence-electron chi connectivity index (χ0n) is 12.5. The highest BCUT2D eigenvalue weighted by atomic mass is 35.5. The molecule has 0 bridgehead atoms. The van der Waals surface area contributed by atoms with Crippen molar-refractivity contribution in [1.29, 1.82) is 0 Å². The minimum atomic E-state index is -3.49. The molecule has 3 nitrogen and oxygen atoms in total. The largest absolute Gasteiger partial charge is 0.240 e. The molecule has 0 heterocycles. The number of rotatable bonds is 7. The molecule has 0 unspecified atom stereocenters. The van der Waals surface area contributed by atoms with Gasteiger partial charge in [-0.2, -0.15) is 0 Å². The summed E-state index contributed by atoms with van der Waals surface area (Å²) in [6.45, 7) is 2.26. The van der Waals surface area contributed by atoms with E-state index < -0.39 is 10.0 Å². The summed E-state index contributed by atoms with van der Waals surface area (Å²) in [5.41, 5.74) is 3.14. The molecule has 22 heavy (non-hydrogen) atoms. The average Bonchev–Trinajstić information content (AvgIpc) is 2.52. The van der Waals surface area contributed by atoms with Crippen LogP contribution >= 0.6 is 11.6 Å². The first-order valence-electron chi connectivity index (χ1n) is 7.22. The van der Waals surface area contributed by atoms with Crippen LogP contribution in [0.25, 0.3) is 0 Å². The molecule has 0 aliphatic heterocycles. The van der Waals surface area contributed by atoms with Crippen molar-refractivity contribution in [3.05, 3.63) is 65.2 Å². The van der Waals surface area contributed by atoms with Crippen molar-refractivity contribution in [3.63, 3.8) is 0 Å². The van der Waals surface area contributed by atoms with E-state index in [1.165, 1.54) is 0 Å². The van der Waals surface area contributed by atoms with E-state index >= 15 is 0 Å². The summed E-state index contributed by atoms with van der Waals surface area (Å²) in [6, 6.07) is 14.7. The van der Waals surface area contributed by atoms with E-state index in [1.54, 1.807) is 12.1 Å². The molecule has 0 radical (unpaired) electrons. The zero-order chi connectivity index (χ0) is 16.0. The summed E-state index contributed by atoms with van der Waals surface area (Å²) in [6.07, 6.45) is 1.75. The molecular weight excluding hydrogens is 318 g/mol. The highest BCUT2D eigenvalue weighted by molar-refractivity contribution is 7.89. The van der Waals surface area contributed by atoms with Crippen LogP contribution in [-0.4, -0.2) is 14.3 Å². The number of nitrogens with one attached hydrogen (secondary N) is 1. The minimum absolute atomic E-state index is 0.288. The maximum absolute atomic E-state index is 12.3. The van der Waals surface area contributed by atoms with E-state index in [4.69, 9.17) is 11.6 Å². The smallest absolute Gasteiger partial charge is 0.207 e. The summed E-state index contributed by atoms with van der Waals surface area (Å²) in [5.74, 6) is 0.609. The summed E-state index contributed by atoms with van der Waals surface area (Å²) >= 11 is 5.66. The summed E-state index contributed by atoms with van der Waals surface area (Å²) in [5, 5.41) is 0. The predicted molar refractivity (Wildman–Crippen MR) is 90.7 cm³/mol. The Bertz CT molecular complexity index is 712. The molecule has 0 saturated carbocycles. The molecule has 5 heteroatoms. The highest BCUT2D eigenvalue weighted by Gasteiger charge is 2.13. The van der Waals surface area contributed by atoms with Crippen LogP contribution < -0.4 is 4.72 Å². The lowest BCUT2D eigenvalue weighted by Crippen LogP contribution is -2.23. The molecule has 1 N–H and O–H groups in total. The number of halogens is 1. The molecule has 0 spiro atoms. The lowest BCUT2D eigenvalue weighted by Gasteiger charge is -2.09. The fourth-order valence-electron chi connectivity index (χ4n) is 2.17. The Hall–Kier alpha value is -1.36. The third-order valence-electron chi connectivity index (χ3n) is 3.55. The molecule has 0 aromatic heterocycles. The normalized spacial score (nSPS) is 11.5. The minimum Gasteiger partial charge on any atom is -0.207 e. The van der Waals surface area contributed by atoms with Gasteiger partial charge in [-0.15, -0.1) is 11.6 Å². The fourth-order valence-corrected chi connectivity index (χ4v) is 3.31. The van der Waals surface area contributed by atoms with E-state index in [0.29, 0.717) is 12.4 Å². The number of sulfonamides is 1. The second kappa shape index (κ2) is 7.77. The van der Waals surface area contributed by atoms with Gasteiger partial charge in [-0.3, -0.25) is 0 Å². The van der Waals surface area contributed by atoms with E-state index in [-0.39, 0.29) is 4.90 Å². The lowest BCUT2D eigenvalue weighted by atomic mass is 10.1. The molecule has 0 atom stereocenters. The third-order valence-corrected chi connectivity index (χ3v) is 5.23. The number of aryl methyl sites for hydroxylation is 2. The molecule has 2 rings (SSSR count). The number of hydrogen-bond donors (Lipinski definition) is 1. The first kappa shape index (κ1) is 17.0. The topological polar surface area (TPSA) is 46.2 Å². The van der Waals surface area contributed by atoms with Gasteiger partial charge in [0, 0.05) is 12.4 Å². The van der Waals surface area contributed by atoms with Crippen LogP contribution in [0.5, 0.6) is 0 Å². The van der Waals surface area contributed by atoms with Gasteiger partial charge < -0.3 is 0 Å². The Morgan fingerprint density at radius 3 is 2.36 bits per heavy atom. The highest BCUT2D eigenvalue weighted by Crippen LogP contribution is 2.14. The van der Waals surface area contributed by atoms with Crippen LogP contribution in [-0.2, 0) is 23.0 Å². The van der Waals surface area contributed by atoms with Crippen LogP contribution in [0.15, 0.2) is 53.4 Å². The first-order valence-corrected chi connectivity index (χ1v) is 9.24. The van der Waals surface area contributed by atoms with Gasteiger partial charge in [-0.1, -0.05) is 36.4 Å². The maximum atomic E-state index is 12.3. The van der Waals surface area contributed by atoms with Crippen LogP contribution in [0.1, 0.15) is 23.1 Å². The second-order valence-corrected chi connectivity index (χ2v) is 7.33. The lowest BCUT2D eigenvalue weighted by molar-refractivity contribution is 0.581. The average molecular weight is 338 g/mol. The van der Waals surface area contributed by atoms with E-state index in [9.17, 15) is 8.42 Å². The van der Waals surface area contributed by atoms with Crippen LogP contribution in [0.2, 0.25) is 0 Å². The molecule has 0 amide bonds. The van der Waals surface area contributed by atoms with Crippen molar-refractivity contribution in [2.75, 3.05) is 5.88 Å². The Morgan fingerprint density at radius 1 is 1.05 bits per heavy atom. The molecule has 0 aliphatic rings. The first-order chi connectivity index (χ1) is 10.5. The van der Waals surface area contributed by atoms with Crippen molar-refractivity contribution < 1.29 is 8.42 Å². The van der Waals surface area contributed by atoms with Crippen LogP contribution in [0, 0.1) is 6.92 Å². The Labute approximate surface area is 137 Å². The van der Waals surface area contributed by atoms with E-state index in [0.717, 1.165) is 29.5 Å². The molecule has 2 aromatic carbocycles. The van der Waals surface area contributed by atoms with E-state index in [1.807, 2.05) is 43.3 Å². The Morgan fingerprint density at radius 2 is 1.73 bits per heavy atom. The van der Waals surface area contributed by atoms with Gasteiger partial charge in [-0.25, -0.2) is 13.1 Å². The molecule has 0 saturated heterocycles. The van der Waals surface area contributed by atoms with Crippen molar-refractivity contribution in [1.82, 2.24) is 4.72 Å². The molecule has 0 aliphatic carbocycles. The SMILES string of the molecule is Cc1ccccc1CNS(=O)(=O)c1ccc(CCCCl)cc1. The van der Waals surface area contributed by atoms with Gasteiger partial charge in [-0.05, 0) is 48.6 Å². The number of alkyl halides is 1. The van der Waals surface area contributed by atoms with Gasteiger partial charge in [0.15, 0.2) is 0 Å². The number of benzene rings is 2. The second-order valence-electron chi connectivity index (χ2n) is 5.19. The van der Waals surface area contributed by atoms with E-state index in [2.05, 4.69) is 4.72 Å². The van der Waals surface area contributed by atoms with Crippen LogP contribution in [0.4, 0.5) is 0 Å². The standard InChI is InChI=1S/C17H20ClNO2S/c1-14-5-2-3-7-16(14)13-19-22(20,21)17-10-8-15(9-11-17)6-4-12-18/h2-3,5,7-11,19H,4,6,12-13H2,1H3. The molecule has 2 aromatic rings. The summed E-state index contributed by atoms with van der Waals surface area (Å²) in [7, 11) is -3.49. The van der Waals surface area contributed by atoms with Gasteiger partial charge >= 0.3 is 0 Å². The monoisotopic (exact) mass is 337 g/mol. The van der Waals surface area contributed by atoms with Gasteiger partial charge in [0.05, 0.1) is 4.90 Å². The zero-order valence-corrected chi connectivity index (χ0v) is 14.1. The van der Waals surface area contributed by atoms with Gasteiger partial charge in [0.1, 0.15) is 0 Å². The van der Waals surface area contributed by atoms with Gasteiger partial charge in [0.25, 0.3) is 0 Å². The Kier molecular flexibility index (Phi) is 6.00.